The monoisotopic (exact) mass is 156 g/mol. The van der Waals surface area contributed by atoms with Gasteiger partial charge in [-0.3, -0.25) is 0 Å². The molecule has 3 aliphatic heterocycles. The van der Waals surface area contributed by atoms with Crippen LogP contribution in [0.5, 0.6) is 0 Å². The lowest BCUT2D eigenvalue weighted by molar-refractivity contribution is -0.931. The summed E-state index contributed by atoms with van der Waals surface area (Å²) in [4.78, 5) is 1.59. The van der Waals surface area contributed by atoms with E-state index >= 15 is 0 Å². The van der Waals surface area contributed by atoms with Crippen LogP contribution in [0.25, 0.3) is 0 Å². The number of fused-ring (bicyclic) bond motifs is 5. The Morgan fingerprint density at radius 2 is 1.82 bits per heavy atom. The van der Waals surface area contributed by atoms with Gasteiger partial charge in [0.15, 0.2) is 0 Å². The third kappa shape index (κ3) is 0.687. The summed E-state index contributed by atoms with van der Waals surface area (Å²) in [6.07, 6.45) is 2.84. The van der Waals surface area contributed by atoms with E-state index in [9.17, 15) is 5.11 Å². The fourth-order valence-electron chi connectivity index (χ4n) is 2.90. The van der Waals surface area contributed by atoms with Crippen LogP contribution in [0.4, 0.5) is 0 Å². The number of rotatable bonds is 0. The number of quaternary nitrogens is 1. The van der Waals surface area contributed by atoms with E-state index in [1.807, 2.05) is 0 Å². The molecule has 11 heavy (non-hydrogen) atoms. The zero-order valence-electron chi connectivity index (χ0n) is 6.66. The minimum Gasteiger partial charge on any atom is -0.393 e. The van der Waals surface area contributed by atoms with Crippen molar-refractivity contribution in [2.45, 2.75) is 43.2 Å². The van der Waals surface area contributed by atoms with Crippen LogP contribution in [-0.2, 0) is 4.74 Å². The van der Waals surface area contributed by atoms with Crippen LogP contribution in [0, 0.1) is 0 Å². The first-order valence-electron chi connectivity index (χ1n) is 4.44. The molecule has 0 aromatic carbocycles. The van der Waals surface area contributed by atoms with Crippen molar-refractivity contribution >= 4 is 0 Å². The first-order valence-corrected chi connectivity index (χ1v) is 4.44. The average molecular weight is 156 g/mol. The predicted octanol–water partition coefficient (Wildman–Crippen LogP) is -1.83. The van der Waals surface area contributed by atoms with Crippen LogP contribution >= 0.6 is 0 Å². The van der Waals surface area contributed by atoms with Crippen molar-refractivity contribution in [3.63, 3.8) is 0 Å². The Hall–Kier alpha value is -0.120. The van der Waals surface area contributed by atoms with E-state index in [0.717, 1.165) is 12.8 Å². The summed E-state index contributed by atoms with van der Waals surface area (Å²) in [6.45, 7) is 0. The van der Waals surface area contributed by atoms with Crippen LogP contribution in [0.15, 0.2) is 0 Å². The van der Waals surface area contributed by atoms with Crippen molar-refractivity contribution < 1.29 is 14.7 Å². The summed E-state index contributed by atoms with van der Waals surface area (Å²) in [7, 11) is 2.23. The van der Waals surface area contributed by atoms with E-state index in [1.54, 1.807) is 4.90 Å². The molecule has 0 amide bonds. The number of epoxide rings is 1. The Labute approximate surface area is 65.9 Å². The van der Waals surface area contributed by atoms with Gasteiger partial charge >= 0.3 is 0 Å². The number of nitrogens with one attached hydrogen (secondary N) is 1. The maximum absolute atomic E-state index is 9.48. The van der Waals surface area contributed by atoms with Gasteiger partial charge in [-0.2, -0.15) is 0 Å². The highest BCUT2D eigenvalue weighted by Gasteiger charge is 2.66. The van der Waals surface area contributed by atoms with Gasteiger partial charge in [-0.1, -0.05) is 0 Å². The molecule has 0 spiro atoms. The van der Waals surface area contributed by atoms with Crippen LogP contribution in [-0.4, -0.2) is 42.5 Å². The molecule has 3 aliphatic rings. The third-order valence-corrected chi connectivity index (χ3v) is 3.58. The number of morpholine rings is 1. The van der Waals surface area contributed by atoms with Gasteiger partial charge < -0.3 is 14.7 Å². The molecular formula is C8H14NO2+. The zero-order valence-corrected chi connectivity index (χ0v) is 6.66. The molecule has 2 bridgehead atoms. The van der Waals surface area contributed by atoms with Crippen molar-refractivity contribution in [3.8, 4) is 0 Å². The van der Waals surface area contributed by atoms with E-state index in [0.29, 0.717) is 24.3 Å². The van der Waals surface area contributed by atoms with E-state index in [2.05, 4.69) is 7.05 Å². The molecule has 0 aromatic rings. The molecule has 3 rings (SSSR count). The Morgan fingerprint density at radius 3 is 2.36 bits per heavy atom. The summed E-state index contributed by atoms with van der Waals surface area (Å²) in [5.41, 5.74) is 0. The van der Waals surface area contributed by atoms with Gasteiger partial charge in [-0.15, -0.1) is 0 Å². The first kappa shape index (κ1) is 6.40. The molecule has 0 saturated carbocycles. The Morgan fingerprint density at radius 1 is 1.27 bits per heavy atom. The van der Waals surface area contributed by atoms with E-state index in [4.69, 9.17) is 4.74 Å². The van der Waals surface area contributed by atoms with Gasteiger partial charge in [0.2, 0.25) is 0 Å². The zero-order chi connectivity index (χ0) is 7.59. The fraction of sp³-hybridized carbons (Fsp3) is 1.00. The molecule has 4 unspecified atom stereocenters. The number of ether oxygens (including phenoxy) is 1. The summed E-state index contributed by atoms with van der Waals surface area (Å²) < 4.78 is 5.51. The van der Waals surface area contributed by atoms with Gasteiger partial charge in [0, 0.05) is 12.8 Å². The second kappa shape index (κ2) is 1.79. The minimum absolute atomic E-state index is 0.0508. The van der Waals surface area contributed by atoms with Crippen molar-refractivity contribution in [1.29, 1.82) is 0 Å². The summed E-state index contributed by atoms with van der Waals surface area (Å²) >= 11 is 0. The van der Waals surface area contributed by atoms with Crippen LogP contribution in [0.2, 0.25) is 0 Å². The van der Waals surface area contributed by atoms with Crippen molar-refractivity contribution in [2.75, 3.05) is 7.05 Å². The van der Waals surface area contributed by atoms with E-state index in [1.165, 1.54) is 0 Å². The molecule has 3 fully saturated rings. The molecule has 3 nitrogen and oxygen atoms in total. The Kier molecular flexibility index (Phi) is 1.04. The van der Waals surface area contributed by atoms with Gasteiger partial charge in [0.1, 0.15) is 24.3 Å². The van der Waals surface area contributed by atoms with E-state index < -0.39 is 0 Å². The fourth-order valence-corrected chi connectivity index (χ4v) is 2.90. The van der Waals surface area contributed by atoms with Crippen LogP contribution in [0.3, 0.4) is 0 Å². The minimum atomic E-state index is -0.0508. The largest absolute Gasteiger partial charge is 0.393 e. The van der Waals surface area contributed by atoms with Gasteiger partial charge in [0.25, 0.3) is 0 Å². The van der Waals surface area contributed by atoms with Crippen LogP contribution in [0.1, 0.15) is 12.8 Å². The predicted molar refractivity (Wildman–Crippen MR) is 38.4 cm³/mol. The Bertz CT molecular complexity index is 179. The van der Waals surface area contributed by atoms with Crippen molar-refractivity contribution in [2.24, 2.45) is 0 Å². The molecule has 4 atom stereocenters. The standard InChI is InChI=1S/C8H13NO2/c1-9-5-2-4(10)3-6(9)8-7(5)11-8/h4-8,10H,2-3H2,1H3/p+1. The summed E-state index contributed by atoms with van der Waals surface area (Å²) in [5.74, 6) is 0. The second-order valence-electron chi connectivity index (χ2n) is 4.15. The number of aliphatic hydroxyl groups is 1. The topological polar surface area (TPSA) is 37.2 Å². The lowest BCUT2D eigenvalue weighted by Crippen LogP contribution is -3.17. The van der Waals surface area contributed by atoms with Gasteiger partial charge in [-0.25, -0.2) is 0 Å². The highest BCUT2D eigenvalue weighted by atomic mass is 16.6. The molecule has 0 aliphatic carbocycles. The lowest BCUT2D eigenvalue weighted by Gasteiger charge is -2.33. The van der Waals surface area contributed by atoms with Crippen molar-refractivity contribution in [1.82, 2.24) is 0 Å². The summed E-state index contributed by atoms with van der Waals surface area (Å²) in [5, 5.41) is 9.48. The average Bonchev–Trinajstić information content (AvgIpc) is 2.66. The summed E-state index contributed by atoms with van der Waals surface area (Å²) in [6, 6.07) is 1.18. The Balaban J connectivity index is 1.90. The quantitative estimate of drug-likeness (QED) is 0.405. The molecule has 0 aromatic heterocycles. The normalized spacial score (nSPS) is 66.0. The third-order valence-electron chi connectivity index (χ3n) is 3.58. The highest BCUT2D eigenvalue weighted by Crippen LogP contribution is 2.38. The first-order chi connectivity index (χ1) is 5.27. The van der Waals surface area contributed by atoms with Crippen molar-refractivity contribution in [3.05, 3.63) is 0 Å². The maximum atomic E-state index is 9.48. The number of piperidine rings is 1. The molecule has 3 heterocycles. The molecule has 2 N–H and O–H groups in total. The molecule has 3 heteroatoms. The molecule has 3 saturated heterocycles. The maximum Gasteiger partial charge on any atom is 0.142 e. The van der Waals surface area contributed by atoms with E-state index in [-0.39, 0.29) is 6.10 Å². The highest BCUT2D eigenvalue weighted by molar-refractivity contribution is 5.05. The molecule has 62 valence electrons. The van der Waals surface area contributed by atoms with Gasteiger partial charge in [-0.05, 0) is 0 Å². The lowest BCUT2D eigenvalue weighted by atomic mass is 10.00. The van der Waals surface area contributed by atoms with Crippen LogP contribution < -0.4 is 4.90 Å². The molecular weight excluding hydrogens is 142 g/mol. The SMILES string of the molecule is C[NH+]1C2CC(O)CC1C1OC12. The number of aliphatic hydroxyl groups excluding tert-OH is 1. The second-order valence-corrected chi connectivity index (χ2v) is 4.15. The van der Waals surface area contributed by atoms with Gasteiger partial charge in [0.05, 0.1) is 13.2 Å². The number of hydrogen-bond donors (Lipinski definition) is 2. The molecule has 0 radical (unpaired) electrons. The smallest absolute Gasteiger partial charge is 0.142 e. The number of hydrogen-bond acceptors (Lipinski definition) is 2. The number of likely N-dealkylation sites (N-methyl/N-ethyl adjacent to an activating group) is 1.